The van der Waals surface area contributed by atoms with Gasteiger partial charge in [-0.15, -0.1) is 10.2 Å². The van der Waals surface area contributed by atoms with Gasteiger partial charge in [-0.3, -0.25) is 9.78 Å². The van der Waals surface area contributed by atoms with E-state index in [-0.39, 0.29) is 11.7 Å². The predicted octanol–water partition coefficient (Wildman–Crippen LogP) is 4.90. The minimum Gasteiger partial charge on any atom is -0.323 e. The molecule has 3 aromatic rings. The van der Waals surface area contributed by atoms with Gasteiger partial charge in [0.05, 0.1) is 11.4 Å². The van der Waals surface area contributed by atoms with Gasteiger partial charge < -0.3 is 9.88 Å². The zero-order chi connectivity index (χ0) is 18.7. The lowest BCUT2D eigenvalue weighted by atomic mass is 10.2. The molecule has 2 heterocycles. The van der Waals surface area contributed by atoms with Crippen LogP contribution in [0.25, 0.3) is 11.4 Å². The third kappa shape index (κ3) is 4.54. The van der Waals surface area contributed by atoms with Crippen LogP contribution in [-0.4, -0.2) is 31.4 Å². The van der Waals surface area contributed by atoms with Crippen molar-refractivity contribution in [3.63, 3.8) is 0 Å². The summed E-state index contributed by atoms with van der Waals surface area (Å²) in [6.45, 7) is 0. The second kappa shape index (κ2) is 8.64. The Morgan fingerprint density at radius 2 is 1.81 bits per heavy atom. The number of thioether (sulfide) groups is 1. The molecule has 1 N–H and O–H groups in total. The molecule has 10 heteroatoms. The van der Waals surface area contributed by atoms with Crippen molar-refractivity contribution in [3.8, 4) is 11.4 Å². The summed E-state index contributed by atoms with van der Waals surface area (Å²) in [4.78, 5) is 16.3. The van der Waals surface area contributed by atoms with Crippen LogP contribution in [0.4, 0.5) is 5.69 Å². The molecule has 0 saturated carbocycles. The third-order valence-electron chi connectivity index (χ3n) is 3.38. The molecule has 0 atom stereocenters. The average Bonchev–Trinajstić information content (AvgIpc) is 2.98. The van der Waals surface area contributed by atoms with Gasteiger partial charge in [0, 0.05) is 38.4 Å². The molecule has 0 aliphatic heterocycles. The van der Waals surface area contributed by atoms with Crippen LogP contribution in [0.15, 0.2) is 55.2 Å². The van der Waals surface area contributed by atoms with Gasteiger partial charge in [0.2, 0.25) is 5.91 Å². The Morgan fingerprint density at radius 3 is 2.46 bits per heavy atom. The van der Waals surface area contributed by atoms with E-state index in [1.807, 2.05) is 35.9 Å². The number of nitrogens with zero attached hydrogens (tertiary/aromatic N) is 4. The molecule has 1 amide bonds. The number of carbonyl (C=O) groups excluding carboxylic acids is 1. The van der Waals surface area contributed by atoms with Crippen LogP contribution in [0.3, 0.4) is 0 Å². The van der Waals surface area contributed by atoms with Crippen molar-refractivity contribution in [1.82, 2.24) is 19.7 Å². The second-order valence-corrected chi connectivity index (χ2v) is 8.75. The van der Waals surface area contributed by atoms with Gasteiger partial charge in [0.1, 0.15) is 0 Å². The summed E-state index contributed by atoms with van der Waals surface area (Å²) in [7, 11) is 1.87. The number of anilines is 1. The van der Waals surface area contributed by atoms with Crippen LogP contribution in [0.5, 0.6) is 0 Å². The fourth-order valence-electron chi connectivity index (χ4n) is 2.16. The van der Waals surface area contributed by atoms with E-state index in [9.17, 15) is 4.79 Å². The van der Waals surface area contributed by atoms with Gasteiger partial charge in [-0.2, -0.15) is 0 Å². The summed E-state index contributed by atoms with van der Waals surface area (Å²) in [6.07, 6.45) is 3.41. The zero-order valence-corrected chi connectivity index (χ0v) is 19.0. The first-order chi connectivity index (χ1) is 12.5. The number of hydrogen-bond donors (Lipinski definition) is 1. The highest BCUT2D eigenvalue weighted by Gasteiger charge is 2.15. The fourth-order valence-corrected chi connectivity index (χ4v) is 5.33. The molecule has 1 aromatic carbocycles. The van der Waals surface area contributed by atoms with Crippen LogP contribution < -0.4 is 5.32 Å². The van der Waals surface area contributed by atoms with Crippen molar-refractivity contribution in [2.75, 3.05) is 11.1 Å². The number of aromatic nitrogens is 4. The summed E-state index contributed by atoms with van der Waals surface area (Å²) in [6, 6.07) is 7.48. The number of halogens is 3. The standard InChI is InChI=1S/C16H12Br3N5OS/c1-24-15(9-2-4-20-5-3-9)22-23-16(24)26-8-13(25)21-14-11(18)6-10(17)7-12(14)19/h2-7H,8H2,1H3,(H,21,25). The highest BCUT2D eigenvalue weighted by molar-refractivity contribution is 9.11. The minimum atomic E-state index is -0.132. The lowest BCUT2D eigenvalue weighted by Gasteiger charge is -2.10. The highest BCUT2D eigenvalue weighted by Crippen LogP contribution is 2.34. The number of carbonyl (C=O) groups is 1. The van der Waals surface area contributed by atoms with E-state index in [1.165, 1.54) is 11.8 Å². The van der Waals surface area contributed by atoms with Crippen LogP contribution in [-0.2, 0) is 11.8 Å². The Hall–Kier alpha value is -1.23. The third-order valence-corrected chi connectivity index (χ3v) is 6.11. The number of rotatable bonds is 5. The maximum atomic E-state index is 12.3. The lowest BCUT2D eigenvalue weighted by molar-refractivity contribution is -0.113. The Bertz CT molecular complexity index is 925. The van der Waals surface area contributed by atoms with Crippen LogP contribution in [0, 0.1) is 0 Å². The van der Waals surface area contributed by atoms with E-state index < -0.39 is 0 Å². The van der Waals surface area contributed by atoms with Crippen molar-refractivity contribution in [2.45, 2.75) is 5.16 Å². The number of hydrogen-bond acceptors (Lipinski definition) is 5. The van der Waals surface area contributed by atoms with Crippen LogP contribution >= 0.6 is 59.6 Å². The largest absolute Gasteiger partial charge is 0.323 e. The first kappa shape index (κ1) is 19.5. The Labute approximate surface area is 179 Å². The molecule has 0 fully saturated rings. The van der Waals surface area contributed by atoms with Crippen LogP contribution in [0.1, 0.15) is 0 Å². The van der Waals surface area contributed by atoms with Crippen LogP contribution in [0.2, 0.25) is 0 Å². The summed E-state index contributed by atoms with van der Waals surface area (Å²) < 4.78 is 4.34. The lowest BCUT2D eigenvalue weighted by Crippen LogP contribution is -2.15. The molecule has 134 valence electrons. The molecule has 0 unspecified atom stereocenters. The van der Waals surface area contributed by atoms with Gasteiger partial charge in [0.25, 0.3) is 0 Å². The topological polar surface area (TPSA) is 72.7 Å². The number of benzene rings is 1. The fraction of sp³-hybridized carbons (Fsp3) is 0.125. The first-order valence-electron chi connectivity index (χ1n) is 7.32. The van der Waals surface area contributed by atoms with Gasteiger partial charge in [0.15, 0.2) is 11.0 Å². The highest BCUT2D eigenvalue weighted by atomic mass is 79.9. The molecule has 0 bridgehead atoms. The van der Waals surface area contributed by atoms with E-state index in [1.54, 1.807) is 12.4 Å². The molecule has 0 spiro atoms. The number of nitrogens with one attached hydrogen (secondary N) is 1. The Morgan fingerprint density at radius 1 is 1.15 bits per heavy atom. The molecule has 0 aliphatic rings. The van der Waals surface area contributed by atoms with Gasteiger partial charge in [-0.1, -0.05) is 27.7 Å². The molecular weight excluding hydrogens is 550 g/mol. The molecule has 6 nitrogen and oxygen atoms in total. The van der Waals surface area contributed by atoms with E-state index in [2.05, 4.69) is 68.3 Å². The molecule has 3 rings (SSSR count). The van der Waals surface area contributed by atoms with Crippen molar-refractivity contribution < 1.29 is 4.79 Å². The second-order valence-electron chi connectivity index (χ2n) is 5.18. The quantitative estimate of drug-likeness (QED) is 0.449. The maximum absolute atomic E-state index is 12.3. The van der Waals surface area contributed by atoms with Crippen molar-refractivity contribution in [1.29, 1.82) is 0 Å². The molecule has 0 saturated heterocycles. The predicted molar refractivity (Wildman–Crippen MR) is 113 cm³/mol. The summed E-state index contributed by atoms with van der Waals surface area (Å²) >= 11 is 11.6. The molecule has 0 radical (unpaired) electrons. The molecular formula is C16H12Br3N5OS. The summed E-state index contributed by atoms with van der Waals surface area (Å²) in [5.41, 5.74) is 1.61. The smallest absolute Gasteiger partial charge is 0.234 e. The molecule has 2 aromatic heterocycles. The summed E-state index contributed by atoms with van der Waals surface area (Å²) in [5.74, 6) is 0.818. The van der Waals surface area contributed by atoms with E-state index in [4.69, 9.17) is 0 Å². The number of pyridine rings is 1. The normalized spacial score (nSPS) is 10.8. The van der Waals surface area contributed by atoms with E-state index >= 15 is 0 Å². The van der Waals surface area contributed by atoms with Gasteiger partial charge in [-0.25, -0.2) is 0 Å². The van der Waals surface area contributed by atoms with Crippen molar-refractivity contribution >= 4 is 71.1 Å². The van der Waals surface area contributed by atoms with Crippen molar-refractivity contribution in [3.05, 3.63) is 50.1 Å². The first-order valence-corrected chi connectivity index (χ1v) is 10.7. The molecule has 0 aliphatic carbocycles. The maximum Gasteiger partial charge on any atom is 0.234 e. The summed E-state index contributed by atoms with van der Waals surface area (Å²) in [5, 5.41) is 11.9. The van der Waals surface area contributed by atoms with Gasteiger partial charge in [-0.05, 0) is 56.1 Å². The minimum absolute atomic E-state index is 0.132. The van der Waals surface area contributed by atoms with Gasteiger partial charge >= 0.3 is 0 Å². The zero-order valence-electron chi connectivity index (χ0n) is 13.4. The molecule has 26 heavy (non-hydrogen) atoms. The average molecular weight is 562 g/mol. The number of amides is 1. The Balaban J connectivity index is 1.67. The Kier molecular flexibility index (Phi) is 6.49. The van der Waals surface area contributed by atoms with E-state index in [0.717, 1.165) is 24.8 Å². The monoisotopic (exact) mass is 559 g/mol. The van der Waals surface area contributed by atoms with E-state index in [0.29, 0.717) is 10.8 Å². The SMILES string of the molecule is Cn1c(SCC(=O)Nc2c(Br)cc(Br)cc2Br)nnc1-c1ccncc1. The van der Waals surface area contributed by atoms with Crippen molar-refractivity contribution in [2.24, 2.45) is 7.05 Å².